The van der Waals surface area contributed by atoms with Crippen molar-refractivity contribution >= 4 is 44.9 Å². The van der Waals surface area contributed by atoms with E-state index in [-0.39, 0.29) is 41.7 Å². The van der Waals surface area contributed by atoms with Crippen molar-refractivity contribution in [3.63, 3.8) is 0 Å². The number of hydrogen-bond donors (Lipinski definition) is 0. The van der Waals surface area contributed by atoms with Crippen LogP contribution in [-0.4, -0.2) is 54.6 Å². The molecule has 1 aliphatic heterocycles. The third-order valence-electron chi connectivity index (χ3n) is 3.95. The maximum Gasteiger partial charge on any atom is 0.325 e. The average molecular weight is 444 g/mol. The second-order valence-corrected chi connectivity index (χ2v) is 8.79. The van der Waals surface area contributed by atoms with E-state index < -0.39 is 26.9 Å². The Kier molecular flexibility index (Phi) is 5.60. The van der Waals surface area contributed by atoms with Crippen LogP contribution in [0.15, 0.2) is 23.4 Å². The topological polar surface area (TPSA) is 107 Å². The molecule has 0 atom stereocenters. The fraction of sp³-hybridized carbons (Fsp3) is 0.294. The molecule has 28 heavy (non-hydrogen) atoms. The lowest BCUT2D eigenvalue weighted by Crippen LogP contribution is -2.31. The third kappa shape index (κ3) is 3.96. The van der Waals surface area contributed by atoms with Crippen molar-refractivity contribution in [2.45, 2.75) is 18.6 Å². The zero-order valence-electron chi connectivity index (χ0n) is 14.9. The summed E-state index contributed by atoms with van der Waals surface area (Å²) in [5.41, 5.74) is 0.705. The molecule has 1 aliphatic rings. The number of carbonyl (C=O) groups excluding carboxylic acids is 2. The Hall–Kier alpha value is -2.23. The van der Waals surface area contributed by atoms with Crippen molar-refractivity contribution in [2.75, 3.05) is 19.4 Å². The molecule has 0 saturated carbocycles. The van der Waals surface area contributed by atoms with Crippen molar-refractivity contribution in [1.29, 1.82) is 0 Å². The number of benzene rings is 1. The highest BCUT2D eigenvalue weighted by molar-refractivity contribution is 7.90. The lowest BCUT2D eigenvalue weighted by Gasteiger charge is -2.14. The van der Waals surface area contributed by atoms with Gasteiger partial charge in [-0.15, -0.1) is 0 Å². The van der Waals surface area contributed by atoms with E-state index in [0.29, 0.717) is 10.6 Å². The SMILES string of the molecule is CCOC(=O)CN1Cc2nc(S(C)(=O)=O)nc(-c3ccc(Cl)cc3Cl)c2C1=O. The first-order valence-electron chi connectivity index (χ1n) is 8.13. The van der Waals surface area contributed by atoms with Crippen molar-refractivity contribution in [3.8, 4) is 11.3 Å². The summed E-state index contributed by atoms with van der Waals surface area (Å²) in [6.07, 6.45) is 0.967. The molecule has 148 valence electrons. The summed E-state index contributed by atoms with van der Waals surface area (Å²) >= 11 is 12.2. The summed E-state index contributed by atoms with van der Waals surface area (Å²) in [6, 6.07) is 4.55. The molecule has 0 bridgehead atoms. The summed E-state index contributed by atoms with van der Waals surface area (Å²) < 4.78 is 28.9. The number of aromatic nitrogens is 2. The standard InChI is InChI=1S/C17H15Cl2N3O5S/c1-3-27-13(23)8-22-7-12-14(16(22)24)15(21-17(20-12)28(2,25)26)10-5-4-9(18)6-11(10)19/h4-6H,3,7-8H2,1-2H3. The Morgan fingerprint density at radius 2 is 2.00 bits per heavy atom. The second kappa shape index (κ2) is 7.65. The zero-order chi connectivity index (χ0) is 20.6. The Labute approximate surface area is 171 Å². The molecule has 0 radical (unpaired) electrons. The van der Waals surface area contributed by atoms with Crippen LogP contribution < -0.4 is 0 Å². The van der Waals surface area contributed by atoms with Gasteiger partial charge >= 0.3 is 5.97 Å². The number of carbonyl (C=O) groups is 2. The molecule has 0 saturated heterocycles. The molecule has 2 heterocycles. The zero-order valence-corrected chi connectivity index (χ0v) is 17.2. The molecule has 0 spiro atoms. The predicted octanol–water partition coefficient (Wildman–Crippen LogP) is 2.37. The van der Waals surface area contributed by atoms with Crippen molar-refractivity contribution < 1.29 is 22.7 Å². The molecule has 1 aromatic carbocycles. The molecule has 0 fully saturated rings. The molecule has 2 aromatic rings. The first kappa shape index (κ1) is 20.5. The van der Waals surface area contributed by atoms with Gasteiger partial charge in [-0.1, -0.05) is 23.2 Å². The van der Waals surface area contributed by atoms with E-state index in [1.54, 1.807) is 19.1 Å². The Morgan fingerprint density at radius 1 is 1.29 bits per heavy atom. The van der Waals surface area contributed by atoms with Gasteiger partial charge in [0.25, 0.3) is 5.91 Å². The molecule has 1 aromatic heterocycles. The van der Waals surface area contributed by atoms with Crippen LogP contribution >= 0.6 is 23.2 Å². The van der Waals surface area contributed by atoms with Gasteiger partial charge in [0, 0.05) is 16.8 Å². The highest BCUT2D eigenvalue weighted by Crippen LogP contribution is 2.36. The van der Waals surface area contributed by atoms with Crippen LogP contribution in [0, 0.1) is 0 Å². The summed E-state index contributed by atoms with van der Waals surface area (Å²) in [5, 5.41) is 0.139. The molecule has 3 rings (SSSR count). The molecular weight excluding hydrogens is 429 g/mol. The van der Waals surface area contributed by atoms with Gasteiger partial charge in [-0.3, -0.25) is 9.59 Å². The summed E-state index contributed by atoms with van der Waals surface area (Å²) in [7, 11) is -3.76. The van der Waals surface area contributed by atoms with Crippen molar-refractivity contribution in [2.24, 2.45) is 0 Å². The Morgan fingerprint density at radius 3 is 2.61 bits per heavy atom. The van der Waals surface area contributed by atoms with Crippen LogP contribution in [0.3, 0.4) is 0 Å². The van der Waals surface area contributed by atoms with Crippen LogP contribution in [0.1, 0.15) is 23.0 Å². The maximum atomic E-state index is 12.9. The van der Waals surface area contributed by atoms with Gasteiger partial charge in [-0.2, -0.15) is 0 Å². The van der Waals surface area contributed by atoms with E-state index in [2.05, 4.69) is 9.97 Å². The number of nitrogens with zero attached hydrogens (tertiary/aromatic N) is 3. The number of ether oxygens (including phenoxy) is 1. The number of amides is 1. The molecule has 8 nitrogen and oxygen atoms in total. The average Bonchev–Trinajstić information content (AvgIpc) is 2.89. The summed E-state index contributed by atoms with van der Waals surface area (Å²) in [6.45, 7) is 1.50. The van der Waals surface area contributed by atoms with Gasteiger partial charge in [0.15, 0.2) is 0 Å². The fourth-order valence-corrected chi connectivity index (χ4v) is 3.80. The second-order valence-electron chi connectivity index (χ2n) is 6.04. The predicted molar refractivity (Wildman–Crippen MR) is 102 cm³/mol. The first-order valence-corrected chi connectivity index (χ1v) is 10.8. The Bertz CT molecular complexity index is 1090. The fourth-order valence-electron chi connectivity index (χ4n) is 2.77. The Balaban J connectivity index is 2.16. The number of sulfone groups is 1. The lowest BCUT2D eigenvalue weighted by molar-refractivity contribution is -0.143. The minimum absolute atomic E-state index is 0.0454. The van der Waals surface area contributed by atoms with Gasteiger partial charge in [0.05, 0.1) is 35.1 Å². The normalized spacial score (nSPS) is 13.6. The monoisotopic (exact) mass is 443 g/mol. The van der Waals surface area contributed by atoms with Crippen LogP contribution in [0.2, 0.25) is 10.0 Å². The number of hydrogen-bond acceptors (Lipinski definition) is 7. The van der Waals surface area contributed by atoms with Gasteiger partial charge in [0.2, 0.25) is 15.0 Å². The van der Waals surface area contributed by atoms with E-state index in [9.17, 15) is 18.0 Å². The van der Waals surface area contributed by atoms with E-state index in [1.807, 2.05) is 0 Å². The highest BCUT2D eigenvalue weighted by atomic mass is 35.5. The number of rotatable bonds is 5. The number of fused-ring (bicyclic) bond motifs is 1. The smallest absolute Gasteiger partial charge is 0.325 e. The van der Waals surface area contributed by atoms with Crippen molar-refractivity contribution in [3.05, 3.63) is 39.5 Å². The largest absolute Gasteiger partial charge is 0.465 e. The van der Waals surface area contributed by atoms with E-state index in [1.165, 1.54) is 11.0 Å². The third-order valence-corrected chi connectivity index (χ3v) is 5.34. The van der Waals surface area contributed by atoms with Gasteiger partial charge < -0.3 is 9.64 Å². The summed E-state index contributed by atoms with van der Waals surface area (Å²) in [4.78, 5) is 34.0. The van der Waals surface area contributed by atoms with Gasteiger partial charge in [-0.05, 0) is 25.1 Å². The first-order chi connectivity index (χ1) is 13.1. The molecule has 0 N–H and O–H groups in total. The van der Waals surface area contributed by atoms with Crippen LogP contribution in [-0.2, 0) is 25.9 Å². The lowest BCUT2D eigenvalue weighted by atomic mass is 10.1. The van der Waals surface area contributed by atoms with Crippen molar-refractivity contribution in [1.82, 2.24) is 14.9 Å². The summed E-state index contributed by atoms with van der Waals surface area (Å²) in [5.74, 6) is -1.09. The molecule has 11 heteroatoms. The molecule has 0 aliphatic carbocycles. The quantitative estimate of drug-likeness (QED) is 0.515. The number of halogens is 2. The minimum Gasteiger partial charge on any atom is -0.465 e. The molecule has 0 unspecified atom stereocenters. The van der Waals surface area contributed by atoms with Gasteiger partial charge in [-0.25, -0.2) is 18.4 Å². The van der Waals surface area contributed by atoms with Crippen LogP contribution in [0.4, 0.5) is 0 Å². The van der Waals surface area contributed by atoms with Crippen LogP contribution in [0.5, 0.6) is 0 Å². The number of esters is 1. The minimum atomic E-state index is -3.76. The van der Waals surface area contributed by atoms with E-state index in [0.717, 1.165) is 6.26 Å². The van der Waals surface area contributed by atoms with Crippen LogP contribution in [0.25, 0.3) is 11.3 Å². The highest BCUT2D eigenvalue weighted by Gasteiger charge is 2.36. The van der Waals surface area contributed by atoms with E-state index >= 15 is 0 Å². The van der Waals surface area contributed by atoms with E-state index in [4.69, 9.17) is 27.9 Å². The van der Waals surface area contributed by atoms with Gasteiger partial charge in [0.1, 0.15) is 6.54 Å². The molecule has 1 amide bonds. The molecular formula is C17H15Cl2N3O5S. The maximum absolute atomic E-state index is 12.9.